The van der Waals surface area contributed by atoms with Crippen molar-refractivity contribution in [2.75, 3.05) is 11.4 Å². The fourth-order valence-electron chi connectivity index (χ4n) is 3.02. The third-order valence-electron chi connectivity index (χ3n) is 4.20. The van der Waals surface area contributed by atoms with E-state index in [9.17, 15) is 22.4 Å². The summed E-state index contributed by atoms with van der Waals surface area (Å²) in [5, 5.41) is 6.44. The van der Waals surface area contributed by atoms with Crippen LogP contribution >= 0.6 is 15.9 Å². The van der Waals surface area contributed by atoms with Gasteiger partial charge in [-0.3, -0.25) is 4.57 Å². The van der Waals surface area contributed by atoms with Gasteiger partial charge < -0.3 is 4.90 Å². The lowest BCUT2D eigenvalue weighted by molar-refractivity contribution is -0.140. The van der Waals surface area contributed by atoms with Crippen molar-refractivity contribution in [2.24, 2.45) is 0 Å². The van der Waals surface area contributed by atoms with Gasteiger partial charge in [-0.2, -0.15) is 18.3 Å². The van der Waals surface area contributed by atoms with Crippen LogP contribution in [0.2, 0.25) is 0 Å². The van der Waals surface area contributed by atoms with E-state index in [-0.39, 0.29) is 41.9 Å². The predicted molar refractivity (Wildman–Crippen MR) is 88.3 cm³/mol. The zero-order valence-electron chi connectivity index (χ0n) is 12.9. The van der Waals surface area contributed by atoms with Gasteiger partial charge in [-0.15, -0.1) is 0 Å². The molecule has 0 fully saturated rings. The Morgan fingerprint density at radius 1 is 1.19 bits per heavy atom. The van der Waals surface area contributed by atoms with Crippen LogP contribution in [-0.2, 0) is 19.3 Å². The Morgan fingerprint density at radius 3 is 2.69 bits per heavy atom. The SMILES string of the molecule is O=c1[nH]nc2n1CCN(c1cc(C(F)(F)F)nc3c(F)cc(Br)cc13)C2. The van der Waals surface area contributed by atoms with Gasteiger partial charge in [-0.05, 0) is 18.2 Å². The van der Waals surface area contributed by atoms with E-state index < -0.39 is 17.7 Å². The zero-order valence-corrected chi connectivity index (χ0v) is 14.5. The zero-order chi connectivity index (χ0) is 18.6. The molecule has 0 saturated heterocycles. The molecule has 1 aliphatic heterocycles. The Bertz CT molecular complexity index is 1070. The summed E-state index contributed by atoms with van der Waals surface area (Å²) in [6.07, 6.45) is -4.72. The summed E-state index contributed by atoms with van der Waals surface area (Å²) in [4.78, 5) is 16.7. The van der Waals surface area contributed by atoms with Crippen molar-refractivity contribution in [1.82, 2.24) is 19.7 Å². The lowest BCUT2D eigenvalue weighted by Crippen LogP contribution is -2.37. The Morgan fingerprint density at radius 2 is 1.96 bits per heavy atom. The highest BCUT2D eigenvalue weighted by Gasteiger charge is 2.35. The lowest BCUT2D eigenvalue weighted by atomic mass is 10.1. The number of hydrogen-bond donors (Lipinski definition) is 1. The van der Waals surface area contributed by atoms with Crippen LogP contribution in [0.1, 0.15) is 11.5 Å². The third kappa shape index (κ3) is 2.75. The van der Waals surface area contributed by atoms with Gasteiger partial charge in [0, 0.05) is 28.6 Å². The quantitative estimate of drug-likeness (QED) is 0.601. The molecule has 0 spiro atoms. The molecular weight excluding hydrogens is 422 g/mol. The molecule has 0 radical (unpaired) electrons. The average molecular weight is 432 g/mol. The van der Waals surface area contributed by atoms with Crippen LogP contribution in [0.25, 0.3) is 10.9 Å². The largest absolute Gasteiger partial charge is 0.433 e. The monoisotopic (exact) mass is 431 g/mol. The van der Waals surface area contributed by atoms with E-state index in [0.717, 1.165) is 12.1 Å². The van der Waals surface area contributed by atoms with Gasteiger partial charge >= 0.3 is 11.9 Å². The second kappa shape index (κ2) is 5.79. The minimum atomic E-state index is -4.72. The molecule has 1 N–H and O–H groups in total. The number of rotatable bonds is 1. The number of pyridine rings is 1. The van der Waals surface area contributed by atoms with Crippen molar-refractivity contribution in [3.8, 4) is 0 Å². The van der Waals surface area contributed by atoms with Crippen LogP contribution in [0.3, 0.4) is 0 Å². The maximum absolute atomic E-state index is 14.3. The average Bonchev–Trinajstić information content (AvgIpc) is 2.93. The Kier molecular flexibility index (Phi) is 3.79. The van der Waals surface area contributed by atoms with Crippen molar-refractivity contribution in [1.29, 1.82) is 0 Å². The third-order valence-corrected chi connectivity index (χ3v) is 4.66. The summed E-state index contributed by atoms with van der Waals surface area (Å²) in [5.74, 6) is -0.453. The van der Waals surface area contributed by atoms with Gasteiger partial charge in [0.25, 0.3) is 0 Å². The summed E-state index contributed by atoms with van der Waals surface area (Å²) in [6, 6.07) is 3.49. The summed E-state index contributed by atoms with van der Waals surface area (Å²) in [6.45, 7) is 0.645. The molecule has 2 aromatic heterocycles. The highest BCUT2D eigenvalue weighted by Crippen LogP contribution is 2.37. The van der Waals surface area contributed by atoms with Crippen LogP contribution in [0.4, 0.5) is 23.2 Å². The molecule has 3 aromatic rings. The number of H-pyrrole nitrogens is 1. The number of hydrogen-bond acceptors (Lipinski definition) is 4. The summed E-state index contributed by atoms with van der Waals surface area (Å²) in [5.41, 5.74) is -1.72. The van der Waals surface area contributed by atoms with Crippen molar-refractivity contribution in [3.05, 3.63) is 50.5 Å². The first-order chi connectivity index (χ1) is 12.2. The summed E-state index contributed by atoms with van der Waals surface area (Å²) < 4.78 is 55.8. The predicted octanol–water partition coefficient (Wildman–Crippen LogP) is 3.06. The molecule has 0 unspecified atom stereocenters. The fraction of sp³-hybridized carbons (Fsp3) is 0.267. The van der Waals surface area contributed by atoms with E-state index in [4.69, 9.17) is 0 Å². The van der Waals surface area contributed by atoms with E-state index in [1.165, 1.54) is 10.6 Å². The number of fused-ring (bicyclic) bond motifs is 2. The number of nitrogens with zero attached hydrogens (tertiary/aromatic N) is 4. The standard InChI is InChI=1S/C15H10BrF4N5O/c16-7-3-8-10(24-1-2-25-12(6-24)22-23-14(25)26)5-11(15(18,19)20)21-13(8)9(17)4-7/h3-5H,1-2,6H2,(H,23,26). The number of halogens is 5. The first-order valence-corrected chi connectivity index (χ1v) is 8.29. The number of aromatic amines is 1. The number of aromatic nitrogens is 4. The van der Waals surface area contributed by atoms with Gasteiger partial charge in [-0.25, -0.2) is 19.3 Å². The highest BCUT2D eigenvalue weighted by molar-refractivity contribution is 9.10. The fourth-order valence-corrected chi connectivity index (χ4v) is 3.45. The van der Waals surface area contributed by atoms with Crippen molar-refractivity contribution in [3.63, 3.8) is 0 Å². The van der Waals surface area contributed by atoms with Crippen LogP contribution in [0.15, 0.2) is 27.5 Å². The molecule has 0 atom stereocenters. The molecule has 26 heavy (non-hydrogen) atoms. The van der Waals surface area contributed by atoms with Crippen molar-refractivity contribution < 1.29 is 17.6 Å². The molecular formula is C15H10BrF4N5O. The topological polar surface area (TPSA) is 66.8 Å². The van der Waals surface area contributed by atoms with E-state index >= 15 is 0 Å². The molecule has 0 amide bonds. The molecule has 1 aliphatic rings. The smallest absolute Gasteiger partial charge is 0.362 e. The van der Waals surface area contributed by atoms with Crippen molar-refractivity contribution in [2.45, 2.75) is 19.3 Å². The summed E-state index contributed by atoms with van der Waals surface area (Å²) >= 11 is 3.16. The molecule has 11 heteroatoms. The molecule has 0 aliphatic carbocycles. The molecule has 3 heterocycles. The van der Waals surface area contributed by atoms with Crippen LogP contribution < -0.4 is 10.6 Å². The summed E-state index contributed by atoms with van der Waals surface area (Å²) in [7, 11) is 0. The highest BCUT2D eigenvalue weighted by atomic mass is 79.9. The van der Waals surface area contributed by atoms with Gasteiger partial charge in [0.1, 0.15) is 11.2 Å². The molecule has 0 bridgehead atoms. The van der Waals surface area contributed by atoms with Gasteiger partial charge in [0.05, 0.1) is 6.54 Å². The van der Waals surface area contributed by atoms with E-state index in [1.54, 1.807) is 4.90 Å². The molecule has 1 aromatic carbocycles. The van der Waals surface area contributed by atoms with Crippen LogP contribution in [0, 0.1) is 5.82 Å². The van der Waals surface area contributed by atoms with E-state index in [1.807, 2.05) is 0 Å². The Balaban J connectivity index is 1.92. The molecule has 4 rings (SSSR count). The second-order valence-electron chi connectivity index (χ2n) is 5.83. The first kappa shape index (κ1) is 17.0. The first-order valence-electron chi connectivity index (χ1n) is 7.50. The maximum atomic E-state index is 14.3. The minimum absolute atomic E-state index is 0.114. The Labute approximate surface area is 151 Å². The number of anilines is 1. The van der Waals surface area contributed by atoms with Crippen molar-refractivity contribution >= 4 is 32.5 Å². The maximum Gasteiger partial charge on any atom is 0.433 e. The van der Waals surface area contributed by atoms with Gasteiger partial charge in [0.15, 0.2) is 11.6 Å². The second-order valence-corrected chi connectivity index (χ2v) is 6.74. The number of nitrogens with one attached hydrogen (secondary N) is 1. The molecule has 6 nitrogen and oxygen atoms in total. The molecule has 136 valence electrons. The lowest BCUT2D eigenvalue weighted by Gasteiger charge is -2.30. The van der Waals surface area contributed by atoms with E-state index in [0.29, 0.717) is 10.3 Å². The van der Waals surface area contributed by atoms with Gasteiger partial charge in [0.2, 0.25) is 0 Å². The molecule has 0 saturated carbocycles. The normalized spacial score (nSPS) is 14.7. The Hall–Kier alpha value is -2.43. The minimum Gasteiger partial charge on any atom is -0.362 e. The van der Waals surface area contributed by atoms with E-state index in [2.05, 4.69) is 31.1 Å². The number of benzene rings is 1. The van der Waals surface area contributed by atoms with Gasteiger partial charge in [-0.1, -0.05) is 15.9 Å². The van der Waals surface area contributed by atoms with Crippen LogP contribution in [-0.4, -0.2) is 26.3 Å². The van der Waals surface area contributed by atoms with Crippen LogP contribution in [0.5, 0.6) is 0 Å². The number of alkyl halides is 3.